The Kier molecular flexibility index (Phi) is 6.92. The third kappa shape index (κ3) is 6.79. The smallest absolute Gasteiger partial charge is 0.307 e. The molecule has 19 heavy (non-hydrogen) atoms. The van der Waals surface area contributed by atoms with E-state index in [1.165, 1.54) is 0 Å². The van der Waals surface area contributed by atoms with Gasteiger partial charge in [-0.1, -0.05) is 12.1 Å². The first-order valence-electron chi connectivity index (χ1n) is 6.38. The van der Waals surface area contributed by atoms with Crippen LogP contribution in [-0.4, -0.2) is 56.3 Å². The molecular formula is C14H22N2O3. The molecule has 0 aromatic heterocycles. The monoisotopic (exact) mass is 266 g/mol. The lowest BCUT2D eigenvalue weighted by Gasteiger charge is -2.16. The molecule has 2 N–H and O–H groups in total. The molecule has 0 radical (unpaired) electrons. The Morgan fingerprint density at radius 1 is 1.42 bits per heavy atom. The van der Waals surface area contributed by atoms with Crippen molar-refractivity contribution in [3.05, 3.63) is 29.8 Å². The maximum Gasteiger partial charge on any atom is 0.307 e. The number of rotatable bonds is 9. The van der Waals surface area contributed by atoms with Gasteiger partial charge in [-0.05, 0) is 31.8 Å². The standard InChI is InChI=1S/C14H22N2O3/c1-15-6-7-16(2)8-9-19-13-5-3-4-12(10-13)11-14(17)18/h3-5,10,15H,6-9,11H2,1-2H3,(H,17,18). The summed E-state index contributed by atoms with van der Waals surface area (Å²) in [7, 11) is 3.97. The molecule has 1 aromatic carbocycles. The van der Waals surface area contributed by atoms with Gasteiger partial charge in [-0.15, -0.1) is 0 Å². The number of nitrogens with zero attached hydrogens (tertiary/aromatic N) is 1. The maximum atomic E-state index is 10.6. The van der Waals surface area contributed by atoms with Crippen LogP contribution in [0.15, 0.2) is 24.3 Å². The quantitative estimate of drug-likeness (QED) is 0.693. The van der Waals surface area contributed by atoms with Crippen molar-refractivity contribution in [2.24, 2.45) is 0 Å². The van der Waals surface area contributed by atoms with Gasteiger partial charge in [0.25, 0.3) is 0 Å². The zero-order chi connectivity index (χ0) is 14.1. The molecule has 0 aliphatic heterocycles. The van der Waals surface area contributed by atoms with Crippen molar-refractivity contribution in [3.63, 3.8) is 0 Å². The minimum atomic E-state index is -0.830. The summed E-state index contributed by atoms with van der Waals surface area (Å²) in [6.45, 7) is 3.35. The second-order valence-corrected chi connectivity index (χ2v) is 4.47. The number of carboxylic acid groups (broad SMARTS) is 1. The molecule has 5 nitrogen and oxygen atoms in total. The van der Waals surface area contributed by atoms with Crippen LogP contribution in [0.3, 0.4) is 0 Å². The van der Waals surface area contributed by atoms with E-state index < -0.39 is 5.97 Å². The van der Waals surface area contributed by atoms with E-state index >= 15 is 0 Å². The second-order valence-electron chi connectivity index (χ2n) is 4.47. The van der Waals surface area contributed by atoms with Crippen LogP contribution in [-0.2, 0) is 11.2 Å². The molecule has 0 aliphatic carbocycles. The first kappa shape index (κ1) is 15.5. The summed E-state index contributed by atoms with van der Waals surface area (Å²) in [5.41, 5.74) is 0.758. The average molecular weight is 266 g/mol. The Balaban J connectivity index is 2.34. The Morgan fingerprint density at radius 3 is 2.89 bits per heavy atom. The van der Waals surface area contributed by atoms with Crippen LogP contribution in [0.5, 0.6) is 5.75 Å². The van der Waals surface area contributed by atoms with Crippen molar-refractivity contribution in [1.82, 2.24) is 10.2 Å². The van der Waals surface area contributed by atoms with Crippen molar-refractivity contribution in [3.8, 4) is 5.75 Å². The van der Waals surface area contributed by atoms with Crippen LogP contribution in [0.25, 0.3) is 0 Å². The molecule has 0 spiro atoms. The number of carbonyl (C=O) groups is 1. The van der Waals surface area contributed by atoms with E-state index in [2.05, 4.69) is 10.2 Å². The largest absolute Gasteiger partial charge is 0.492 e. The Labute approximate surface area is 114 Å². The minimum Gasteiger partial charge on any atom is -0.492 e. The number of benzene rings is 1. The van der Waals surface area contributed by atoms with Crippen LogP contribution in [0.2, 0.25) is 0 Å². The van der Waals surface area contributed by atoms with Crippen molar-refractivity contribution in [1.29, 1.82) is 0 Å². The molecule has 0 heterocycles. The summed E-state index contributed by atoms with van der Waals surface area (Å²) in [5.74, 6) is -0.107. The highest BCUT2D eigenvalue weighted by atomic mass is 16.5. The van der Waals surface area contributed by atoms with Crippen molar-refractivity contribution >= 4 is 5.97 Å². The van der Waals surface area contributed by atoms with E-state index in [1.54, 1.807) is 12.1 Å². The van der Waals surface area contributed by atoms with Gasteiger partial charge in [0.1, 0.15) is 12.4 Å². The summed E-state index contributed by atoms with van der Waals surface area (Å²) >= 11 is 0. The number of hydrogen-bond donors (Lipinski definition) is 2. The molecule has 0 saturated heterocycles. The molecule has 0 unspecified atom stereocenters. The van der Waals surface area contributed by atoms with Crippen molar-refractivity contribution < 1.29 is 14.6 Å². The van der Waals surface area contributed by atoms with Crippen LogP contribution in [0, 0.1) is 0 Å². The van der Waals surface area contributed by atoms with Crippen molar-refractivity contribution in [2.45, 2.75) is 6.42 Å². The van der Waals surface area contributed by atoms with Crippen molar-refractivity contribution in [2.75, 3.05) is 40.3 Å². The number of hydrogen-bond acceptors (Lipinski definition) is 4. The van der Waals surface area contributed by atoms with E-state index in [-0.39, 0.29) is 6.42 Å². The van der Waals surface area contributed by atoms with Crippen LogP contribution in [0.1, 0.15) is 5.56 Å². The minimum absolute atomic E-state index is 0.0271. The van der Waals surface area contributed by atoms with E-state index in [0.29, 0.717) is 6.61 Å². The third-order valence-corrected chi connectivity index (χ3v) is 2.74. The predicted octanol–water partition coefficient (Wildman–Crippen LogP) is 0.844. The lowest BCUT2D eigenvalue weighted by Crippen LogP contribution is -2.30. The summed E-state index contributed by atoms with van der Waals surface area (Å²) in [4.78, 5) is 12.8. The molecule has 0 saturated carbocycles. The molecule has 0 bridgehead atoms. The van der Waals surface area contributed by atoms with Crippen LogP contribution >= 0.6 is 0 Å². The fraction of sp³-hybridized carbons (Fsp3) is 0.500. The van der Waals surface area contributed by atoms with Crippen LogP contribution in [0.4, 0.5) is 0 Å². The highest BCUT2D eigenvalue weighted by molar-refractivity contribution is 5.70. The van der Waals surface area contributed by atoms with Gasteiger partial charge in [0.05, 0.1) is 6.42 Å². The summed E-state index contributed by atoms with van der Waals surface area (Å²) in [6.07, 6.45) is 0.0271. The average Bonchev–Trinajstić information content (AvgIpc) is 2.36. The molecule has 0 atom stereocenters. The summed E-state index contributed by atoms with van der Waals surface area (Å²) < 4.78 is 5.62. The first-order valence-corrected chi connectivity index (χ1v) is 6.38. The molecule has 0 amide bonds. The lowest BCUT2D eigenvalue weighted by molar-refractivity contribution is -0.136. The normalized spacial score (nSPS) is 10.7. The summed E-state index contributed by atoms with van der Waals surface area (Å²) in [5, 5.41) is 11.8. The molecule has 1 rings (SSSR count). The van der Waals surface area contributed by atoms with Gasteiger partial charge in [-0.2, -0.15) is 0 Å². The fourth-order valence-electron chi connectivity index (χ4n) is 1.65. The van der Waals surface area contributed by atoms with Gasteiger partial charge in [0, 0.05) is 19.6 Å². The number of carboxylic acids is 1. The van der Waals surface area contributed by atoms with E-state index in [9.17, 15) is 4.79 Å². The fourth-order valence-corrected chi connectivity index (χ4v) is 1.65. The SMILES string of the molecule is CNCCN(C)CCOc1cccc(CC(=O)O)c1. The highest BCUT2D eigenvalue weighted by Gasteiger charge is 2.03. The number of ether oxygens (including phenoxy) is 1. The van der Waals surface area contributed by atoms with Crippen LogP contribution < -0.4 is 10.1 Å². The van der Waals surface area contributed by atoms with E-state index in [4.69, 9.17) is 9.84 Å². The maximum absolute atomic E-state index is 10.6. The number of likely N-dealkylation sites (N-methyl/N-ethyl adjacent to an activating group) is 2. The molecule has 0 aliphatic rings. The van der Waals surface area contributed by atoms with Gasteiger partial charge in [-0.25, -0.2) is 0 Å². The van der Waals surface area contributed by atoms with Gasteiger partial charge < -0.3 is 20.1 Å². The molecule has 5 heteroatoms. The Morgan fingerprint density at radius 2 is 2.21 bits per heavy atom. The highest BCUT2D eigenvalue weighted by Crippen LogP contribution is 2.13. The Bertz CT molecular complexity index is 396. The third-order valence-electron chi connectivity index (χ3n) is 2.74. The predicted molar refractivity (Wildman–Crippen MR) is 74.7 cm³/mol. The van der Waals surface area contributed by atoms with Gasteiger partial charge >= 0.3 is 5.97 Å². The zero-order valence-electron chi connectivity index (χ0n) is 11.6. The van der Waals surface area contributed by atoms with Gasteiger partial charge in [0.2, 0.25) is 0 Å². The summed E-state index contributed by atoms with van der Waals surface area (Å²) in [6, 6.07) is 7.24. The van der Waals surface area contributed by atoms with Gasteiger partial charge in [-0.3, -0.25) is 4.79 Å². The van der Waals surface area contributed by atoms with E-state index in [1.807, 2.05) is 26.2 Å². The molecular weight excluding hydrogens is 244 g/mol. The molecule has 1 aromatic rings. The topological polar surface area (TPSA) is 61.8 Å². The first-order chi connectivity index (χ1) is 9.11. The molecule has 106 valence electrons. The number of nitrogens with one attached hydrogen (secondary N) is 1. The molecule has 0 fully saturated rings. The second kappa shape index (κ2) is 8.50. The number of aliphatic carboxylic acids is 1. The zero-order valence-corrected chi connectivity index (χ0v) is 11.6. The Hall–Kier alpha value is -1.59. The lowest BCUT2D eigenvalue weighted by atomic mass is 10.1. The van der Waals surface area contributed by atoms with E-state index in [0.717, 1.165) is 30.9 Å². The van der Waals surface area contributed by atoms with Gasteiger partial charge in [0.15, 0.2) is 0 Å².